The van der Waals surface area contributed by atoms with Crippen LogP contribution in [0.5, 0.6) is 17.2 Å². The van der Waals surface area contributed by atoms with Crippen molar-refractivity contribution in [1.29, 1.82) is 0 Å². The van der Waals surface area contributed by atoms with E-state index in [1.807, 2.05) is 12.1 Å². The van der Waals surface area contributed by atoms with E-state index in [0.717, 1.165) is 0 Å². The zero-order chi connectivity index (χ0) is 16.7. The van der Waals surface area contributed by atoms with E-state index in [0.29, 0.717) is 22.8 Å². The average Bonchev–Trinajstić information content (AvgIpc) is 3.13. The summed E-state index contributed by atoms with van der Waals surface area (Å²) in [6, 6.07) is 14.0. The van der Waals surface area contributed by atoms with Gasteiger partial charge in [0.2, 0.25) is 0 Å². The summed E-state index contributed by atoms with van der Waals surface area (Å²) in [5, 5.41) is 9.45. The van der Waals surface area contributed by atoms with Crippen LogP contribution in [0.15, 0.2) is 48.5 Å². The van der Waals surface area contributed by atoms with E-state index >= 15 is 0 Å². The molecule has 1 aliphatic rings. The topological polar surface area (TPSA) is 55.8 Å². The predicted molar refractivity (Wildman–Crippen MR) is 87.9 cm³/mol. The Bertz CT molecular complexity index is 743. The van der Waals surface area contributed by atoms with Crippen LogP contribution in [0.25, 0.3) is 0 Å². The minimum atomic E-state index is -1.27. The third kappa shape index (κ3) is 2.62. The normalized spacial score (nSPS) is 21.5. The van der Waals surface area contributed by atoms with E-state index in [2.05, 4.69) is 0 Å². The van der Waals surface area contributed by atoms with Gasteiger partial charge in [-0.3, -0.25) is 4.79 Å². The van der Waals surface area contributed by atoms with Gasteiger partial charge in [0, 0.05) is 6.42 Å². The van der Waals surface area contributed by atoms with Crippen molar-refractivity contribution in [2.75, 3.05) is 7.11 Å². The van der Waals surface area contributed by atoms with Gasteiger partial charge in [0.1, 0.15) is 15.5 Å². The van der Waals surface area contributed by atoms with Crippen molar-refractivity contribution in [3.05, 3.63) is 54.1 Å². The fourth-order valence-corrected chi connectivity index (χ4v) is 3.38. The van der Waals surface area contributed by atoms with Crippen molar-refractivity contribution < 1.29 is 19.4 Å². The summed E-state index contributed by atoms with van der Waals surface area (Å²) in [7, 11) is 1.57. The second kappa shape index (κ2) is 5.62. The van der Waals surface area contributed by atoms with E-state index in [1.54, 1.807) is 43.5 Å². The Morgan fingerprint density at radius 3 is 2.13 bits per heavy atom. The lowest BCUT2D eigenvalue weighted by Gasteiger charge is -2.15. The predicted octanol–water partition coefficient (Wildman–Crippen LogP) is 4.39. The van der Waals surface area contributed by atoms with Crippen molar-refractivity contribution in [1.82, 2.24) is 0 Å². The number of carboxylic acid groups (broad SMARTS) is 1. The number of ether oxygens (including phenoxy) is 2. The van der Waals surface area contributed by atoms with Crippen LogP contribution in [-0.2, 0) is 10.2 Å². The maximum atomic E-state index is 11.5. The monoisotopic (exact) mass is 352 g/mol. The van der Waals surface area contributed by atoms with Crippen LogP contribution in [-0.4, -0.2) is 22.5 Å². The average molecular weight is 353 g/mol. The number of methoxy groups -OCH3 is 1. The summed E-state index contributed by atoms with van der Waals surface area (Å²) in [5.41, 5.74) is -0.693. The van der Waals surface area contributed by atoms with Crippen LogP contribution >= 0.6 is 23.2 Å². The molecule has 1 saturated carbocycles. The molecule has 1 aliphatic carbocycles. The highest BCUT2D eigenvalue weighted by molar-refractivity contribution is 6.54. The smallest absolute Gasteiger partial charge is 0.317 e. The van der Waals surface area contributed by atoms with Crippen molar-refractivity contribution in [2.24, 2.45) is 0 Å². The SMILES string of the molecule is COc1ccccc1Oc1ccc(C2(C(=O)O)CC2(Cl)Cl)cc1. The lowest BCUT2D eigenvalue weighted by Crippen LogP contribution is -2.26. The highest BCUT2D eigenvalue weighted by atomic mass is 35.5. The zero-order valence-electron chi connectivity index (χ0n) is 12.3. The number of hydrogen-bond donors (Lipinski definition) is 1. The molecule has 0 radical (unpaired) electrons. The van der Waals surface area contributed by atoms with E-state index in [1.165, 1.54) is 0 Å². The number of benzene rings is 2. The molecule has 0 heterocycles. The molecule has 2 aromatic rings. The molecule has 6 heteroatoms. The Morgan fingerprint density at radius 2 is 1.65 bits per heavy atom. The van der Waals surface area contributed by atoms with Crippen LogP contribution in [0, 0.1) is 0 Å². The number of carbonyl (C=O) groups is 1. The molecule has 2 aromatic carbocycles. The Morgan fingerprint density at radius 1 is 1.09 bits per heavy atom. The summed E-state index contributed by atoms with van der Waals surface area (Å²) in [6.07, 6.45) is 0.186. The minimum Gasteiger partial charge on any atom is -0.493 e. The molecule has 1 N–H and O–H groups in total. The van der Waals surface area contributed by atoms with Gasteiger partial charge in [-0.1, -0.05) is 47.5 Å². The molecular formula is C17H14Cl2O4. The van der Waals surface area contributed by atoms with Crippen LogP contribution in [0.2, 0.25) is 0 Å². The fourth-order valence-electron chi connectivity index (χ4n) is 2.60. The molecule has 0 bridgehead atoms. The van der Waals surface area contributed by atoms with Gasteiger partial charge in [-0.05, 0) is 29.8 Å². The Balaban J connectivity index is 1.85. The Labute approximate surface area is 143 Å². The second-order valence-electron chi connectivity index (χ2n) is 5.37. The molecule has 1 unspecified atom stereocenters. The third-order valence-corrected chi connectivity index (χ3v) is 4.91. The lowest BCUT2D eigenvalue weighted by molar-refractivity contribution is -0.140. The van der Waals surface area contributed by atoms with Gasteiger partial charge in [-0.2, -0.15) is 0 Å². The lowest BCUT2D eigenvalue weighted by atomic mass is 9.96. The zero-order valence-corrected chi connectivity index (χ0v) is 13.8. The number of rotatable bonds is 5. The van der Waals surface area contributed by atoms with Gasteiger partial charge in [0.15, 0.2) is 11.5 Å². The summed E-state index contributed by atoms with van der Waals surface area (Å²) in [4.78, 5) is 11.5. The van der Waals surface area contributed by atoms with Crippen LogP contribution in [0.4, 0.5) is 0 Å². The van der Waals surface area contributed by atoms with E-state index in [9.17, 15) is 9.90 Å². The first-order valence-electron chi connectivity index (χ1n) is 6.93. The number of para-hydroxylation sites is 2. The van der Waals surface area contributed by atoms with Gasteiger partial charge in [0.05, 0.1) is 7.11 Å². The molecule has 0 aliphatic heterocycles. The second-order valence-corrected chi connectivity index (χ2v) is 6.85. The van der Waals surface area contributed by atoms with Gasteiger partial charge >= 0.3 is 5.97 Å². The quantitative estimate of drug-likeness (QED) is 0.810. The fraction of sp³-hybridized carbons (Fsp3) is 0.235. The Hall–Kier alpha value is -1.91. The molecule has 0 saturated heterocycles. The van der Waals surface area contributed by atoms with E-state index < -0.39 is 15.7 Å². The number of carboxylic acids is 1. The van der Waals surface area contributed by atoms with E-state index in [-0.39, 0.29) is 6.42 Å². The van der Waals surface area contributed by atoms with Crippen LogP contribution < -0.4 is 9.47 Å². The minimum absolute atomic E-state index is 0.186. The molecule has 4 nitrogen and oxygen atoms in total. The maximum absolute atomic E-state index is 11.5. The number of alkyl halides is 2. The first kappa shape index (κ1) is 16.0. The molecular weight excluding hydrogens is 339 g/mol. The first-order valence-corrected chi connectivity index (χ1v) is 7.69. The van der Waals surface area contributed by atoms with Gasteiger partial charge in [0.25, 0.3) is 0 Å². The molecule has 1 fully saturated rings. The number of aliphatic carboxylic acids is 1. The van der Waals surface area contributed by atoms with Gasteiger partial charge < -0.3 is 14.6 Å². The highest BCUT2D eigenvalue weighted by Gasteiger charge is 2.72. The summed E-state index contributed by atoms with van der Waals surface area (Å²) < 4.78 is 9.72. The third-order valence-electron chi connectivity index (χ3n) is 4.00. The van der Waals surface area contributed by atoms with Crippen molar-refractivity contribution in [3.63, 3.8) is 0 Å². The maximum Gasteiger partial charge on any atom is 0.317 e. The summed E-state index contributed by atoms with van der Waals surface area (Å²) in [5.74, 6) is 0.725. The number of halogens is 2. The van der Waals surface area contributed by atoms with Crippen molar-refractivity contribution >= 4 is 29.2 Å². The molecule has 120 valence electrons. The van der Waals surface area contributed by atoms with Crippen molar-refractivity contribution in [2.45, 2.75) is 16.2 Å². The highest BCUT2D eigenvalue weighted by Crippen LogP contribution is 2.65. The molecule has 3 rings (SSSR count). The van der Waals surface area contributed by atoms with Gasteiger partial charge in [-0.25, -0.2) is 0 Å². The first-order chi connectivity index (χ1) is 10.9. The molecule has 1 atom stereocenters. The van der Waals surface area contributed by atoms with Gasteiger partial charge in [-0.15, -0.1) is 0 Å². The Kier molecular flexibility index (Phi) is 3.90. The summed E-state index contributed by atoms with van der Waals surface area (Å²) in [6.45, 7) is 0. The molecule has 23 heavy (non-hydrogen) atoms. The molecule has 0 spiro atoms. The molecule has 0 aromatic heterocycles. The van der Waals surface area contributed by atoms with Crippen LogP contribution in [0.1, 0.15) is 12.0 Å². The van der Waals surface area contributed by atoms with E-state index in [4.69, 9.17) is 32.7 Å². The standard InChI is InChI=1S/C17H14Cl2O4/c1-22-13-4-2-3-5-14(13)23-12-8-6-11(7-9-12)16(15(20)21)10-17(16,18)19/h2-9H,10H2,1H3,(H,20,21). The van der Waals surface area contributed by atoms with Crippen LogP contribution in [0.3, 0.4) is 0 Å². The number of hydrogen-bond acceptors (Lipinski definition) is 3. The largest absolute Gasteiger partial charge is 0.493 e. The summed E-state index contributed by atoms with van der Waals surface area (Å²) >= 11 is 12.1. The van der Waals surface area contributed by atoms with Crippen molar-refractivity contribution in [3.8, 4) is 17.2 Å². The molecule has 0 amide bonds.